The second-order valence-electron chi connectivity index (χ2n) is 3.68. The highest BCUT2D eigenvalue weighted by Crippen LogP contribution is 2.12. The molecule has 0 aliphatic carbocycles. The van der Waals surface area contributed by atoms with Gasteiger partial charge in [0.15, 0.2) is 0 Å². The van der Waals surface area contributed by atoms with Crippen LogP contribution in [0.25, 0.3) is 0 Å². The number of carbonyl (C=O) groups excluding carboxylic acids is 1. The molecular weight excluding hydrogens is 168 g/mol. The monoisotopic (exact) mass is 182 g/mol. The molecule has 0 fully saturated rings. The van der Waals surface area contributed by atoms with Gasteiger partial charge in [-0.3, -0.25) is 0 Å². The zero-order chi connectivity index (χ0) is 9.73. The topological polar surface area (TPSA) is 39.4 Å². The molecule has 3 nitrogen and oxygen atoms in total. The van der Waals surface area contributed by atoms with E-state index in [0.717, 1.165) is 12.0 Å². The SMILES string of the molecule is CC(C)(C=O)COCc1ccco1. The van der Waals surface area contributed by atoms with E-state index < -0.39 is 5.41 Å². The molecule has 1 heterocycles. The Labute approximate surface area is 77.7 Å². The van der Waals surface area contributed by atoms with Gasteiger partial charge in [0.2, 0.25) is 0 Å². The van der Waals surface area contributed by atoms with Crippen LogP contribution in [0.5, 0.6) is 0 Å². The maximum Gasteiger partial charge on any atom is 0.129 e. The number of hydrogen-bond acceptors (Lipinski definition) is 3. The average Bonchev–Trinajstić information content (AvgIpc) is 2.57. The highest BCUT2D eigenvalue weighted by Gasteiger charge is 2.16. The lowest BCUT2D eigenvalue weighted by Gasteiger charge is -2.15. The van der Waals surface area contributed by atoms with Gasteiger partial charge in [0, 0.05) is 5.41 Å². The standard InChI is InChI=1S/C10H14O3/c1-10(2,7-11)8-12-6-9-4-3-5-13-9/h3-5,7H,6,8H2,1-2H3. The Bertz CT molecular complexity index is 249. The number of ether oxygens (including phenoxy) is 1. The summed E-state index contributed by atoms with van der Waals surface area (Å²) in [6, 6.07) is 3.65. The minimum atomic E-state index is -0.410. The second kappa shape index (κ2) is 4.23. The molecule has 0 saturated heterocycles. The normalized spacial score (nSPS) is 11.5. The molecule has 0 aromatic carbocycles. The van der Waals surface area contributed by atoms with Crippen LogP contribution in [0, 0.1) is 5.41 Å². The second-order valence-corrected chi connectivity index (χ2v) is 3.68. The molecule has 0 saturated carbocycles. The molecule has 0 amide bonds. The van der Waals surface area contributed by atoms with Gasteiger partial charge >= 0.3 is 0 Å². The third kappa shape index (κ3) is 3.42. The maximum atomic E-state index is 10.5. The molecule has 72 valence electrons. The first-order valence-electron chi connectivity index (χ1n) is 4.20. The molecule has 1 rings (SSSR count). The first kappa shape index (κ1) is 9.99. The van der Waals surface area contributed by atoms with Gasteiger partial charge in [-0.15, -0.1) is 0 Å². The van der Waals surface area contributed by atoms with E-state index in [1.807, 2.05) is 26.0 Å². The van der Waals surface area contributed by atoms with Gasteiger partial charge in [-0.25, -0.2) is 0 Å². The summed E-state index contributed by atoms with van der Waals surface area (Å²) >= 11 is 0. The van der Waals surface area contributed by atoms with Crippen LogP contribution in [-0.4, -0.2) is 12.9 Å². The third-order valence-corrected chi connectivity index (χ3v) is 1.62. The fraction of sp³-hybridized carbons (Fsp3) is 0.500. The van der Waals surface area contributed by atoms with Crippen LogP contribution in [-0.2, 0) is 16.1 Å². The molecule has 0 N–H and O–H groups in total. The van der Waals surface area contributed by atoms with Crippen molar-refractivity contribution in [2.45, 2.75) is 20.5 Å². The van der Waals surface area contributed by atoms with E-state index in [0.29, 0.717) is 13.2 Å². The molecule has 0 unspecified atom stereocenters. The van der Waals surface area contributed by atoms with E-state index in [4.69, 9.17) is 9.15 Å². The van der Waals surface area contributed by atoms with Crippen LogP contribution in [0.15, 0.2) is 22.8 Å². The first-order chi connectivity index (χ1) is 6.14. The van der Waals surface area contributed by atoms with Crippen LogP contribution in [0.2, 0.25) is 0 Å². The van der Waals surface area contributed by atoms with Gasteiger partial charge in [0.1, 0.15) is 18.7 Å². The van der Waals surface area contributed by atoms with Crippen molar-refractivity contribution in [3.63, 3.8) is 0 Å². The fourth-order valence-electron chi connectivity index (χ4n) is 0.843. The zero-order valence-corrected chi connectivity index (χ0v) is 7.95. The van der Waals surface area contributed by atoms with Gasteiger partial charge in [0.25, 0.3) is 0 Å². The van der Waals surface area contributed by atoms with Gasteiger partial charge in [-0.05, 0) is 12.1 Å². The zero-order valence-electron chi connectivity index (χ0n) is 7.95. The molecule has 1 aromatic rings. The van der Waals surface area contributed by atoms with Crippen molar-refractivity contribution in [1.29, 1.82) is 0 Å². The summed E-state index contributed by atoms with van der Waals surface area (Å²) < 4.78 is 10.4. The van der Waals surface area contributed by atoms with Gasteiger partial charge < -0.3 is 13.9 Å². The summed E-state index contributed by atoms with van der Waals surface area (Å²) in [5.41, 5.74) is -0.410. The minimum Gasteiger partial charge on any atom is -0.467 e. The number of hydrogen-bond donors (Lipinski definition) is 0. The lowest BCUT2D eigenvalue weighted by Crippen LogP contribution is -2.20. The Kier molecular flexibility index (Phi) is 3.25. The number of carbonyl (C=O) groups is 1. The van der Waals surface area contributed by atoms with Crippen LogP contribution >= 0.6 is 0 Å². The molecule has 0 atom stereocenters. The fourth-order valence-corrected chi connectivity index (χ4v) is 0.843. The largest absolute Gasteiger partial charge is 0.467 e. The van der Waals surface area contributed by atoms with E-state index in [-0.39, 0.29) is 0 Å². The predicted molar refractivity (Wildman–Crippen MR) is 48.2 cm³/mol. The lowest BCUT2D eigenvalue weighted by atomic mass is 9.98. The van der Waals surface area contributed by atoms with Crippen molar-refractivity contribution in [2.24, 2.45) is 5.41 Å². The van der Waals surface area contributed by atoms with Crippen LogP contribution in [0.3, 0.4) is 0 Å². The highest BCUT2D eigenvalue weighted by molar-refractivity contribution is 5.57. The van der Waals surface area contributed by atoms with Crippen molar-refractivity contribution < 1.29 is 13.9 Å². The molecule has 0 aliphatic rings. The molecule has 13 heavy (non-hydrogen) atoms. The van der Waals surface area contributed by atoms with E-state index in [9.17, 15) is 4.79 Å². The Hall–Kier alpha value is -1.09. The third-order valence-electron chi connectivity index (χ3n) is 1.62. The Balaban J connectivity index is 2.25. The van der Waals surface area contributed by atoms with Crippen molar-refractivity contribution >= 4 is 6.29 Å². The van der Waals surface area contributed by atoms with Crippen molar-refractivity contribution in [3.05, 3.63) is 24.2 Å². The first-order valence-corrected chi connectivity index (χ1v) is 4.20. The molecular formula is C10H14O3. The minimum absolute atomic E-state index is 0.410. The summed E-state index contributed by atoms with van der Waals surface area (Å²) in [4.78, 5) is 10.5. The maximum absolute atomic E-state index is 10.5. The van der Waals surface area contributed by atoms with Crippen LogP contribution in [0.1, 0.15) is 19.6 Å². The Morgan fingerprint density at radius 3 is 2.92 bits per heavy atom. The smallest absolute Gasteiger partial charge is 0.129 e. The summed E-state index contributed by atoms with van der Waals surface area (Å²) in [6.45, 7) is 4.51. The molecule has 0 spiro atoms. The molecule has 3 heteroatoms. The number of aldehydes is 1. The van der Waals surface area contributed by atoms with Gasteiger partial charge in [-0.1, -0.05) is 13.8 Å². The average molecular weight is 182 g/mol. The van der Waals surface area contributed by atoms with E-state index >= 15 is 0 Å². The predicted octanol–water partition coefficient (Wildman–Crippen LogP) is 2.02. The number of rotatable bonds is 5. The van der Waals surface area contributed by atoms with Crippen molar-refractivity contribution in [1.82, 2.24) is 0 Å². The molecule has 0 bridgehead atoms. The summed E-state index contributed by atoms with van der Waals surface area (Å²) in [7, 11) is 0. The summed E-state index contributed by atoms with van der Waals surface area (Å²) in [5.74, 6) is 0.779. The molecule has 0 radical (unpaired) electrons. The Morgan fingerprint density at radius 2 is 2.38 bits per heavy atom. The highest BCUT2D eigenvalue weighted by atomic mass is 16.5. The Morgan fingerprint density at radius 1 is 1.62 bits per heavy atom. The van der Waals surface area contributed by atoms with Crippen LogP contribution in [0.4, 0.5) is 0 Å². The lowest BCUT2D eigenvalue weighted by molar-refractivity contribution is -0.118. The summed E-state index contributed by atoms with van der Waals surface area (Å²) in [6.07, 6.45) is 2.50. The summed E-state index contributed by atoms with van der Waals surface area (Å²) in [5, 5.41) is 0. The molecule has 0 aliphatic heterocycles. The molecule has 1 aromatic heterocycles. The van der Waals surface area contributed by atoms with E-state index in [1.54, 1.807) is 6.26 Å². The van der Waals surface area contributed by atoms with E-state index in [1.165, 1.54) is 0 Å². The number of furan rings is 1. The van der Waals surface area contributed by atoms with E-state index in [2.05, 4.69) is 0 Å². The van der Waals surface area contributed by atoms with Crippen molar-refractivity contribution in [2.75, 3.05) is 6.61 Å². The quantitative estimate of drug-likeness (QED) is 0.654. The van der Waals surface area contributed by atoms with Crippen molar-refractivity contribution in [3.8, 4) is 0 Å². The van der Waals surface area contributed by atoms with Crippen LogP contribution < -0.4 is 0 Å². The van der Waals surface area contributed by atoms with Gasteiger partial charge in [0.05, 0.1) is 12.9 Å². The van der Waals surface area contributed by atoms with Gasteiger partial charge in [-0.2, -0.15) is 0 Å².